The molecule has 0 spiro atoms. The summed E-state index contributed by atoms with van der Waals surface area (Å²) in [6.07, 6.45) is 2.45. The van der Waals surface area contributed by atoms with Gasteiger partial charge in [0.2, 0.25) is 0 Å². The quantitative estimate of drug-likeness (QED) is 0.788. The summed E-state index contributed by atoms with van der Waals surface area (Å²) in [4.78, 5) is 4.72. The van der Waals surface area contributed by atoms with Gasteiger partial charge in [0.05, 0.1) is 5.60 Å². The molecule has 0 amide bonds. The Balaban J connectivity index is 2.37. The van der Waals surface area contributed by atoms with Crippen molar-refractivity contribution in [1.29, 1.82) is 0 Å². The van der Waals surface area contributed by atoms with E-state index < -0.39 is 5.60 Å². The second-order valence-electron chi connectivity index (χ2n) is 5.98. The molecule has 3 nitrogen and oxygen atoms in total. The summed E-state index contributed by atoms with van der Waals surface area (Å²) in [6, 6.07) is 0.722. The predicted molar refractivity (Wildman–Crippen MR) is 68.6 cm³/mol. The van der Waals surface area contributed by atoms with Crippen molar-refractivity contribution in [3.8, 4) is 0 Å². The predicted octanol–water partition coefficient (Wildman–Crippen LogP) is 1.42. The molecule has 0 radical (unpaired) electrons. The average molecular weight is 228 g/mol. The fourth-order valence-corrected chi connectivity index (χ4v) is 2.23. The third kappa shape index (κ3) is 3.72. The van der Waals surface area contributed by atoms with Crippen molar-refractivity contribution in [2.75, 3.05) is 33.7 Å². The van der Waals surface area contributed by atoms with Crippen molar-refractivity contribution < 1.29 is 5.11 Å². The Bertz CT molecular complexity index is 206. The maximum Gasteiger partial charge on any atom is 0.0768 e. The first-order chi connectivity index (χ1) is 7.33. The van der Waals surface area contributed by atoms with Gasteiger partial charge in [-0.25, -0.2) is 0 Å². The molecule has 1 unspecified atom stereocenters. The first-order valence-electron chi connectivity index (χ1n) is 6.44. The van der Waals surface area contributed by atoms with Crippen LogP contribution in [0.3, 0.4) is 0 Å². The van der Waals surface area contributed by atoms with Crippen molar-refractivity contribution in [3.63, 3.8) is 0 Å². The van der Waals surface area contributed by atoms with Gasteiger partial charge in [0, 0.05) is 12.6 Å². The van der Waals surface area contributed by atoms with Gasteiger partial charge < -0.3 is 14.9 Å². The number of aliphatic hydroxyl groups is 1. The second kappa shape index (κ2) is 5.48. The molecule has 0 saturated carbocycles. The molecule has 1 N–H and O–H groups in total. The number of hydrogen-bond acceptors (Lipinski definition) is 3. The van der Waals surface area contributed by atoms with E-state index in [1.165, 1.54) is 12.8 Å². The van der Waals surface area contributed by atoms with Crippen molar-refractivity contribution in [3.05, 3.63) is 0 Å². The Morgan fingerprint density at radius 2 is 1.81 bits per heavy atom. The maximum atomic E-state index is 10.3. The van der Waals surface area contributed by atoms with E-state index >= 15 is 0 Å². The highest BCUT2D eigenvalue weighted by atomic mass is 16.3. The maximum absolute atomic E-state index is 10.3. The lowest BCUT2D eigenvalue weighted by Crippen LogP contribution is -2.49. The molecule has 1 aliphatic rings. The van der Waals surface area contributed by atoms with Crippen molar-refractivity contribution in [2.45, 2.75) is 45.3 Å². The van der Waals surface area contributed by atoms with Crippen molar-refractivity contribution >= 4 is 0 Å². The highest BCUT2D eigenvalue weighted by Crippen LogP contribution is 2.21. The molecule has 0 aromatic heterocycles. The van der Waals surface area contributed by atoms with E-state index in [9.17, 15) is 5.11 Å². The lowest BCUT2D eigenvalue weighted by Gasteiger charge is -2.39. The lowest BCUT2D eigenvalue weighted by atomic mass is 9.91. The number of rotatable bonds is 4. The van der Waals surface area contributed by atoms with E-state index in [1.54, 1.807) is 0 Å². The number of likely N-dealkylation sites (tertiary alicyclic amines) is 1. The fraction of sp³-hybridized carbons (Fsp3) is 1.00. The number of piperidine rings is 1. The van der Waals surface area contributed by atoms with Crippen molar-refractivity contribution in [2.24, 2.45) is 5.92 Å². The summed E-state index contributed by atoms with van der Waals surface area (Å²) < 4.78 is 0. The molecule has 16 heavy (non-hydrogen) atoms. The fourth-order valence-electron chi connectivity index (χ4n) is 2.23. The van der Waals surface area contributed by atoms with E-state index in [4.69, 9.17) is 0 Å². The highest BCUT2D eigenvalue weighted by Gasteiger charge is 2.30. The van der Waals surface area contributed by atoms with Gasteiger partial charge in [-0.3, -0.25) is 0 Å². The van der Waals surface area contributed by atoms with E-state index in [0.717, 1.165) is 25.7 Å². The van der Waals surface area contributed by atoms with Crippen LogP contribution in [0.4, 0.5) is 0 Å². The summed E-state index contributed by atoms with van der Waals surface area (Å²) in [5.74, 6) is 0.319. The zero-order chi connectivity index (χ0) is 12.3. The highest BCUT2D eigenvalue weighted by molar-refractivity contribution is 4.84. The Morgan fingerprint density at radius 1 is 1.31 bits per heavy atom. The van der Waals surface area contributed by atoms with Gasteiger partial charge in [0.1, 0.15) is 0 Å². The molecular formula is C13H28N2O. The van der Waals surface area contributed by atoms with Crippen LogP contribution in [0.25, 0.3) is 0 Å². The Kier molecular flexibility index (Phi) is 4.77. The van der Waals surface area contributed by atoms with Crippen LogP contribution in [0.15, 0.2) is 0 Å². The van der Waals surface area contributed by atoms with Crippen LogP contribution >= 0.6 is 0 Å². The van der Waals surface area contributed by atoms with Crippen LogP contribution in [-0.2, 0) is 0 Å². The molecule has 3 heteroatoms. The van der Waals surface area contributed by atoms with Crippen LogP contribution in [0.5, 0.6) is 0 Å². The van der Waals surface area contributed by atoms with Gasteiger partial charge in [-0.05, 0) is 52.9 Å². The third-order valence-electron chi connectivity index (χ3n) is 4.07. The smallest absolute Gasteiger partial charge is 0.0768 e. The monoisotopic (exact) mass is 228 g/mol. The SMILES string of the molecule is CC(C)C(C)(O)CN1CCC(N(C)C)CC1. The van der Waals surface area contributed by atoms with Gasteiger partial charge >= 0.3 is 0 Å². The zero-order valence-corrected chi connectivity index (χ0v) is 11.5. The van der Waals surface area contributed by atoms with E-state index in [0.29, 0.717) is 5.92 Å². The topological polar surface area (TPSA) is 26.7 Å². The van der Waals surface area contributed by atoms with Crippen molar-refractivity contribution in [1.82, 2.24) is 9.80 Å². The first-order valence-corrected chi connectivity index (χ1v) is 6.44. The van der Waals surface area contributed by atoms with Gasteiger partial charge in [-0.1, -0.05) is 13.8 Å². The minimum absolute atomic E-state index is 0.319. The molecule has 1 rings (SSSR count). The normalized spacial score (nSPS) is 24.0. The van der Waals surface area contributed by atoms with Crippen LogP contribution in [0, 0.1) is 5.92 Å². The minimum Gasteiger partial charge on any atom is -0.389 e. The molecule has 96 valence electrons. The van der Waals surface area contributed by atoms with Gasteiger partial charge in [0.25, 0.3) is 0 Å². The first kappa shape index (κ1) is 13.9. The summed E-state index contributed by atoms with van der Waals surface area (Å²) in [5.41, 5.74) is -0.551. The van der Waals surface area contributed by atoms with E-state index in [-0.39, 0.29) is 0 Å². The molecule has 1 saturated heterocycles. The molecule has 1 fully saturated rings. The Morgan fingerprint density at radius 3 is 2.19 bits per heavy atom. The third-order valence-corrected chi connectivity index (χ3v) is 4.07. The number of β-amino-alcohol motifs (C(OH)–C–C–N with tert-alkyl or cyclic N) is 1. The summed E-state index contributed by atoms with van der Waals surface area (Å²) >= 11 is 0. The van der Waals surface area contributed by atoms with E-state index in [1.807, 2.05) is 6.92 Å². The van der Waals surface area contributed by atoms with E-state index in [2.05, 4.69) is 37.7 Å². The van der Waals surface area contributed by atoms with Crippen LogP contribution < -0.4 is 0 Å². The van der Waals surface area contributed by atoms with Crippen LogP contribution in [0.2, 0.25) is 0 Å². The average Bonchev–Trinajstić information content (AvgIpc) is 2.17. The summed E-state index contributed by atoms with van der Waals surface area (Å²) in [7, 11) is 4.31. The second-order valence-corrected chi connectivity index (χ2v) is 5.98. The lowest BCUT2D eigenvalue weighted by molar-refractivity contribution is -0.0270. The standard InChI is InChI=1S/C13H28N2O/c1-11(2)13(3,16)10-15-8-6-12(7-9-15)14(4)5/h11-12,16H,6-10H2,1-5H3. The molecule has 0 aromatic rings. The van der Waals surface area contributed by atoms with Gasteiger partial charge in [-0.2, -0.15) is 0 Å². The minimum atomic E-state index is -0.551. The molecular weight excluding hydrogens is 200 g/mol. The molecule has 1 heterocycles. The largest absolute Gasteiger partial charge is 0.389 e. The Labute approximate surface area is 100 Å². The van der Waals surface area contributed by atoms with Gasteiger partial charge in [-0.15, -0.1) is 0 Å². The molecule has 0 aromatic carbocycles. The van der Waals surface area contributed by atoms with Gasteiger partial charge in [0.15, 0.2) is 0 Å². The zero-order valence-electron chi connectivity index (χ0n) is 11.5. The summed E-state index contributed by atoms with van der Waals surface area (Å²) in [5, 5.41) is 10.3. The molecule has 0 aliphatic carbocycles. The Hall–Kier alpha value is -0.120. The van der Waals surface area contributed by atoms with Crippen LogP contribution in [0.1, 0.15) is 33.6 Å². The number of hydrogen-bond donors (Lipinski definition) is 1. The molecule has 1 atom stereocenters. The summed E-state index contributed by atoms with van der Waals surface area (Å²) in [6.45, 7) is 9.18. The van der Waals surface area contributed by atoms with Crippen LogP contribution in [-0.4, -0.2) is 60.3 Å². The molecule has 0 bridgehead atoms. The molecule has 1 aliphatic heterocycles. The number of nitrogens with zero attached hydrogens (tertiary/aromatic N) is 2.